The molecular weight excluding hydrogens is 226 g/mol. The van der Waals surface area contributed by atoms with Crippen LogP contribution < -0.4 is 0 Å². The van der Waals surface area contributed by atoms with Crippen molar-refractivity contribution in [2.24, 2.45) is 0 Å². The first-order valence-corrected chi connectivity index (χ1v) is 6.32. The fraction of sp³-hybridized carbons (Fsp3) is 0. The van der Waals surface area contributed by atoms with E-state index in [1.54, 1.807) is 11.3 Å². The highest BCUT2D eigenvalue weighted by molar-refractivity contribution is 7.18. The van der Waals surface area contributed by atoms with Gasteiger partial charge in [0.1, 0.15) is 5.01 Å². The van der Waals surface area contributed by atoms with Gasteiger partial charge in [0.25, 0.3) is 0 Å². The third kappa shape index (κ3) is 2.12. The summed E-state index contributed by atoms with van der Waals surface area (Å²) in [5.41, 5.74) is 2.41. The maximum Gasteiger partial charge on any atom is 0.123 e. The Bertz CT molecular complexity index is 545. The number of nitrogens with zero attached hydrogens (tertiary/aromatic N) is 1. The fourth-order valence-electron chi connectivity index (χ4n) is 1.72. The van der Waals surface area contributed by atoms with Crippen LogP contribution in [0.2, 0.25) is 0 Å². The molecule has 0 fully saturated rings. The van der Waals surface area contributed by atoms with Gasteiger partial charge in [0.05, 0.1) is 4.88 Å². The van der Waals surface area contributed by atoms with Crippen molar-refractivity contribution in [2.45, 2.75) is 0 Å². The Morgan fingerprint density at radius 2 is 1.29 bits per heavy atom. The van der Waals surface area contributed by atoms with Gasteiger partial charge in [0.2, 0.25) is 0 Å². The summed E-state index contributed by atoms with van der Waals surface area (Å²) >= 11 is 1.73. The molecule has 1 aromatic heterocycles. The van der Waals surface area contributed by atoms with Crippen LogP contribution in [-0.4, -0.2) is 4.98 Å². The summed E-state index contributed by atoms with van der Waals surface area (Å²) in [6.45, 7) is 0. The van der Waals surface area contributed by atoms with E-state index in [0.29, 0.717) is 0 Å². The molecule has 0 radical (unpaired) electrons. The first-order valence-electron chi connectivity index (χ1n) is 5.50. The molecule has 1 nitrogen and oxygen atoms in total. The van der Waals surface area contributed by atoms with Gasteiger partial charge in [0.15, 0.2) is 0 Å². The van der Waals surface area contributed by atoms with Crippen LogP contribution in [-0.2, 0) is 0 Å². The molecule has 0 atom stereocenters. The van der Waals surface area contributed by atoms with Crippen molar-refractivity contribution in [2.75, 3.05) is 0 Å². The molecule has 0 aliphatic heterocycles. The molecule has 2 heteroatoms. The molecule has 1 heterocycles. The lowest BCUT2D eigenvalue weighted by molar-refractivity contribution is 1.41. The van der Waals surface area contributed by atoms with Crippen molar-refractivity contribution in [3.8, 4) is 21.0 Å². The predicted octanol–water partition coefficient (Wildman–Crippen LogP) is 4.48. The van der Waals surface area contributed by atoms with Crippen LogP contribution in [0.4, 0.5) is 0 Å². The summed E-state index contributed by atoms with van der Waals surface area (Å²) < 4.78 is 0. The van der Waals surface area contributed by atoms with Crippen LogP contribution in [0, 0.1) is 0 Å². The molecule has 0 spiro atoms. The molecule has 0 aliphatic rings. The molecule has 0 unspecified atom stereocenters. The van der Waals surface area contributed by atoms with Crippen LogP contribution in [0.1, 0.15) is 0 Å². The molecule has 0 amide bonds. The first-order chi connectivity index (χ1) is 8.43. The van der Waals surface area contributed by atoms with Gasteiger partial charge in [0, 0.05) is 11.8 Å². The number of aromatic nitrogens is 1. The molecule has 0 saturated heterocycles. The Kier molecular flexibility index (Phi) is 2.72. The summed E-state index contributed by atoms with van der Waals surface area (Å²) in [6.07, 6.45) is 1.95. The summed E-state index contributed by atoms with van der Waals surface area (Å²) in [6, 6.07) is 20.6. The Morgan fingerprint density at radius 1 is 0.706 bits per heavy atom. The number of hydrogen-bond donors (Lipinski definition) is 0. The van der Waals surface area contributed by atoms with E-state index in [2.05, 4.69) is 41.4 Å². The van der Waals surface area contributed by atoms with Gasteiger partial charge in [-0.05, 0) is 5.56 Å². The third-order valence-electron chi connectivity index (χ3n) is 2.58. The van der Waals surface area contributed by atoms with E-state index < -0.39 is 0 Å². The maximum atomic E-state index is 4.48. The largest absolute Gasteiger partial charge is 0.244 e. The molecular formula is C15H11NS. The standard InChI is InChI=1S/C15H11NS/c1-3-7-12(8-4-1)14-11-16-15(17-14)13-9-5-2-6-10-13/h1-11H. The van der Waals surface area contributed by atoms with Gasteiger partial charge in [-0.1, -0.05) is 60.7 Å². The van der Waals surface area contributed by atoms with Crippen LogP contribution >= 0.6 is 11.3 Å². The predicted molar refractivity (Wildman–Crippen MR) is 73.0 cm³/mol. The Labute approximate surface area is 104 Å². The monoisotopic (exact) mass is 237 g/mol. The average Bonchev–Trinajstić information content (AvgIpc) is 2.90. The maximum absolute atomic E-state index is 4.48. The zero-order valence-corrected chi connectivity index (χ0v) is 10.0. The van der Waals surface area contributed by atoms with E-state index in [4.69, 9.17) is 0 Å². The fourth-order valence-corrected chi connectivity index (χ4v) is 2.65. The summed E-state index contributed by atoms with van der Waals surface area (Å²) in [7, 11) is 0. The van der Waals surface area contributed by atoms with Crippen molar-refractivity contribution in [1.82, 2.24) is 4.98 Å². The van der Waals surface area contributed by atoms with Crippen molar-refractivity contribution >= 4 is 11.3 Å². The van der Waals surface area contributed by atoms with Crippen LogP contribution in [0.25, 0.3) is 21.0 Å². The molecule has 0 N–H and O–H groups in total. The molecule has 2 aromatic carbocycles. The number of benzene rings is 2. The van der Waals surface area contributed by atoms with E-state index in [1.165, 1.54) is 16.0 Å². The zero-order valence-electron chi connectivity index (χ0n) is 9.21. The van der Waals surface area contributed by atoms with Gasteiger partial charge in [-0.25, -0.2) is 4.98 Å². The van der Waals surface area contributed by atoms with E-state index >= 15 is 0 Å². The second-order valence-corrected chi connectivity index (χ2v) is 4.79. The molecule has 82 valence electrons. The van der Waals surface area contributed by atoms with E-state index in [-0.39, 0.29) is 0 Å². The minimum Gasteiger partial charge on any atom is -0.244 e. The average molecular weight is 237 g/mol. The van der Waals surface area contributed by atoms with Crippen molar-refractivity contribution in [3.05, 3.63) is 66.9 Å². The second-order valence-electron chi connectivity index (χ2n) is 3.76. The van der Waals surface area contributed by atoms with E-state index in [1.807, 2.05) is 30.5 Å². The molecule has 17 heavy (non-hydrogen) atoms. The summed E-state index contributed by atoms with van der Waals surface area (Å²) in [5.74, 6) is 0. The topological polar surface area (TPSA) is 12.9 Å². The zero-order chi connectivity index (χ0) is 11.5. The van der Waals surface area contributed by atoms with Crippen LogP contribution in [0.3, 0.4) is 0 Å². The van der Waals surface area contributed by atoms with Crippen LogP contribution in [0.5, 0.6) is 0 Å². The van der Waals surface area contributed by atoms with Crippen molar-refractivity contribution in [3.63, 3.8) is 0 Å². The van der Waals surface area contributed by atoms with Gasteiger partial charge < -0.3 is 0 Å². The smallest absolute Gasteiger partial charge is 0.123 e. The van der Waals surface area contributed by atoms with E-state index in [9.17, 15) is 0 Å². The lowest BCUT2D eigenvalue weighted by Gasteiger charge is -1.95. The number of rotatable bonds is 2. The van der Waals surface area contributed by atoms with Gasteiger partial charge in [-0.15, -0.1) is 11.3 Å². The second kappa shape index (κ2) is 4.52. The molecule has 0 aliphatic carbocycles. The van der Waals surface area contributed by atoms with Crippen LogP contribution in [0.15, 0.2) is 66.9 Å². The first kappa shape index (κ1) is 10.2. The molecule has 0 saturated carbocycles. The van der Waals surface area contributed by atoms with Gasteiger partial charge >= 0.3 is 0 Å². The van der Waals surface area contributed by atoms with E-state index in [0.717, 1.165) is 5.01 Å². The van der Waals surface area contributed by atoms with Gasteiger partial charge in [-0.3, -0.25) is 0 Å². The molecule has 0 bridgehead atoms. The molecule has 3 rings (SSSR count). The minimum absolute atomic E-state index is 1.07. The lowest BCUT2D eigenvalue weighted by atomic mass is 10.2. The van der Waals surface area contributed by atoms with Crippen molar-refractivity contribution in [1.29, 1.82) is 0 Å². The summed E-state index contributed by atoms with van der Waals surface area (Å²) in [4.78, 5) is 5.69. The highest BCUT2D eigenvalue weighted by Crippen LogP contribution is 2.31. The highest BCUT2D eigenvalue weighted by atomic mass is 32.1. The normalized spacial score (nSPS) is 10.4. The van der Waals surface area contributed by atoms with Gasteiger partial charge in [-0.2, -0.15) is 0 Å². The number of thiazole rings is 1. The third-order valence-corrected chi connectivity index (χ3v) is 3.68. The summed E-state index contributed by atoms with van der Waals surface area (Å²) in [5, 5.41) is 1.07. The Balaban J connectivity index is 1.99. The quantitative estimate of drug-likeness (QED) is 0.640. The molecule has 3 aromatic rings. The Hall–Kier alpha value is -1.93. The number of hydrogen-bond acceptors (Lipinski definition) is 2. The Morgan fingerprint density at radius 3 is 1.94 bits per heavy atom. The highest BCUT2D eigenvalue weighted by Gasteiger charge is 2.05. The minimum atomic E-state index is 1.07. The van der Waals surface area contributed by atoms with Crippen molar-refractivity contribution < 1.29 is 0 Å². The lowest BCUT2D eigenvalue weighted by Crippen LogP contribution is -1.71. The SMILES string of the molecule is c1ccc(-c2cnc(-c3ccccc3)s2)cc1.